The highest BCUT2D eigenvalue weighted by molar-refractivity contribution is 7.09. The lowest BCUT2D eigenvalue weighted by molar-refractivity contribution is -0.115. The van der Waals surface area contributed by atoms with Crippen molar-refractivity contribution in [1.82, 2.24) is 4.98 Å². The normalized spacial score (nSPS) is 10.3. The summed E-state index contributed by atoms with van der Waals surface area (Å²) in [4.78, 5) is 28.0. The molecule has 2 aromatic rings. The summed E-state index contributed by atoms with van der Waals surface area (Å²) in [6, 6.07) is 6.69. The second kappa shape index (κ2) is 8.43. The molecule has 1 heterocycles. The Hall–Kier alpha value is -2.21. The molecule has 0 radical (unpaired) electrons. The lowest BCUT2D eigenvalue weighted by Gasteiger charge is -2.06. The summed E-state index contributed by atoms with van der Waals surface area (Å²) in [7, 11) is 0. The molecule has 0 aliphatic rings. The molecule has 0 aliphatic carbocycles. The van der Waals surface area contributed by atoms with Gasteiger partial charge in [0.1, 0.15) is 0 Å². The fourth-order valence-corrected chi connectivity index (χ4v) is 2.55. The predicted molar refractivity (Wildman–Crippen MR) is 90.8 cm³/mol. The largest absolute Gasteiger partial charge is 0.462 e. The van der Waals surface area contributed by atoms with Crippen molar-refractivity contribution in [1.29, 1.82) is 0 Å². The third-order valence-electron chi connectivity index (χ3n) is 3.14. The van der Waals surface area contributed by atoms with E-state index < -0.39 is 0 Å². The number of hydrogen-bond donors (Lipinski definition) is 1. The van der Waals surface area contributed by atoms with Crippen LogP contribution in [0.3, 0.4) is 0 Å². The van der Waals surface area contributed by atoms with Crippen LogP contribution >= 0.6 is 11.3 Å². The number of carbonyl (C=O) groups excluding carboxylic acids is 2. The van der Waals surface area contributed by atoms with E-state index in [9.17, 15) is 9.59 Å². The molecule has 0 atom stereocenters. The zero-order valence-electron chi connectivity index (χ0n) is 13.3. The van der Waals surface area contributed by atoms with Crippen molar-refractivity contribution in [2.75, 3.05) is 11.9 Å². The molecule has 122 valence electrons. The fraction of sp³-hybridized carbons (Fsp3) is 0.353. The van der Waals surface area contributed by atoms with Crippen LogP contribution in [0.1, 0.15) is 40.8 Å². The third-order valence-corrected chi connectivity index (χ3v) is 3.97. The molecule has 0 saturated carbocycles. The van der Waals surface area contributed by atoms with Crippen LogP contribution in [0.5, 0.6) is 0 Å². The van der Waals surface area contributed by atoms with Crippen LogP contribution in [0.25, 0.3) is 0 Å². The first-order chi connectivity index (χ1) is 11.1. The van der Waals surface area contributed by atoms with Gasteiger partial charge >= 0.3 is 5.97 Å². The number of benzene rings is 1. The lowest BCUT2D eigenvalue weighted by atomic mass is 10.2. The van der Waals surface area contributed by atoms with Crippen LogP contribution < -0.4 is 5.32 Å². The average molecular weight is 332 g/mol. The maximum atomic E-state index is 11.9. The van der Waals surface area contributed by atoms with Gasteiger partial charge in [0.15, 0.2) is 0 Å². The summed E-state index contributed by atoms with van der Waals surface area (Å²) in [6.45, 7) is 4.38. The minimum absolute atomic E-state index is 0.131. The molecular formula is C17H20N2O3S. The average Bonchev–Trinajstić information content (AvgIpc) is 2.93. The van der Waals surface area contributed by atoms with Gasteiger partial charge in [-0.05, 0) is 37.6 Å². The van der Waals surface area contributed by atoms with Gasteiger partial charge in [-0.25, -0.2) is 9.78 Å². The number of amides is 1. The number of aryl methyl sites for hydroxylation is 1. The van der Waals surface area contributed by atoms with Gasteiger partial charge < -0.3 is 10.1 Å². The molecule has 0 bridgehead atoms. The summed E-state index contributed by atoms with van der Waals surface area (Å²) >= 11 is 1.52. The maximum absolute atomic E-state index is 11.9. The number of nitrogens with one attached hydrogen (secondary N) is 1. The minimum atomic E-state index is -0.339. The lowest BCUT2D eigenvalue weighted by Crippen LogP contribution is -2.14. The van der Waals surface area contributed by atoms with Crippen LogP contribution in [0.15, 0.2) is 29.6 Å². The number of rotatable bonds is 7. The molecular weight excluding hydrogens is 312 g/mol. The molecule has 2 rings (SSSR count). The molecule has 6 heteroatoms. The molecule has 5 nitrogen and oxygen atoms in total. The number of nitrogens with zero attached hydrogens (tertiary/aromatic N) is 1. The van der Waals surface area contributed by atoms with Crippen LogP contribution in [0.2, 0.25) is 0 Å². The molecule has 1 N–H and O–H groups in total. The number of ether oxygens (including phenoxy) is 1. The molecule has 1 aromatic heterocycles. The van der Waals surface area contributed by atoms with Gasteiger partial charge in [-0.3, -0.25) is 4.79 Å². The number of unbranched alkanes of at least 4 members (excludes halogenated alkanes) is 1. The monoisotopic (exact) mass is 332 g/mol. The molecule has 0 aliphatic heterocycles. The molecule has 0 saturated heterocycles. The Kier molecular flexibility index (Phi) is 6.29. The standard InChI is InChI=1S/C17H20N2O3S/c1-3-4-9-22-17(21)13-5-7-14(8-6-13)19-16(20)10-15-11-23-12(2)18-15/h5-8,11H,3-4,9-10H2,1-2H3,(H,19,20). The van der Waals surface area contributed by atoms with Crippen LogP contribution in [-0.4, -0.2) is 23.5 Å². The zero-order valence-corrected chi connectivity index (χ0v) is 14.1. The van der Waals surface area contributed by atoms with Crippen LogP contribution in [0.4, 0.5) is 5.69 Å². The van der Waals surface area contributed by atoms with Crippen molar-refractivity contribution >= 4 is 28.9 Å². The first-order valence-electron chi connectivity index (χ1n) is 7.56. The van der Waals surface area contributed by atoms with Gasteiger partial charge in [-0.1, -0.05) is 13.3 Å². The smallest absolute Gasteiger partial charge is 0.338 e. The Morgan fingerprint density at radius 3 is 2.61 bits per heavy atom. The number of hydrogen-bond acceptors (Lipinski definition) is 5. The highest BCUT2D eigenvalue weighted by Crippen LogP contribution is 2.13. The Balaban J connectivity index is 1.86. The SMILES string of the molecule is CCCCOC(=O)c1ccc(NC(=O)Cc2csc(C)n2)cc1. The van der Waals surface area contributed by atoms with Gasteiger partial charge in [0, 0.05) is 11.1 Å². The molecule has 1 amide bonds. The van der Waals surface area contributed by atoms with Crippen molar-refractivity contribution in [3.8, 4) is 0 Å². The Bertz CT molecular complexity index is 665. The molecule has 0 unspecified atom stereocenters. The van der Waals surface area contributed by atoms with E-state index in [1.807, 2.05) is 19.2 Å². The van der Waals surface area contributed by atoms with E-state index in [0.29, 0.717) is 17.9 Å². The van der Waals surface area contributed by atoms with E-state index in [1.54, 1.807) is 24.3 Å². The molecule has 23 heavy (non-hydrogen) atoms. The van der Waals surface area contributed by atoms with Crippen LogP contribution in [-0.2, 0) is 16.0 Å². The van der Waals surface area contributed by atoms with E-state index in [-0.39, 0.29) is 18.3 Å². The van der Waals surface area contributed by atoms with E-state index in [0.717, 1.165) is 23.5 Å². The summed E-state index contributed by atoms with van der Waals surface area (Å²) < 4.78 is 5.14. The number of esters is 1. The molecule has 0 spiro atoms. The van der Waals surface area contributed by atoms with E-state index in [1.165, 1.54) is 11.3 Å². The third kappa shape index (κ3) is 5.49. The second-order valence-corrected chi connectivity index (χ2v) is 6.21. The fourth-order valence-electron chi connectivity index (χ4n) is 1.94. The van der Waals surface area contributed by atoms with Gasteiger partial charge in [-0.15, -0.1) is 11.3 Å². The Morgan fingerprint density at radius 2 is 2.00 bits per heavy atom. The van der Waals surface area contributed by atoms with Crippen molar-refractivity contribution in [2.24, 2.45) is 0 Å². The minimum Gasteiger partial charge on any atom is -0.462 e. The predicted octanol–water partition coefficient (Wildman–Crippen LogP) is 3.59. The van der Waals surface area contributed by atoms with E-state index in [4.69, 9.17) is 4.74 Å². The highest BCUT2D eigenvalue weighted by atomic mass is 32.1. The van der Waals surface area contributed by atoms with E-state index >= 15 is 0 Å². The summed E-state index contributed by atoms with van der Waals surface area (Å²) in [6.07, 6.45) is 2.08. The molecule has 0 fully saturated rings. The van der Waals surface area contributed by atoms with Gasteiger partial charge in [0.05, 0.1) is 29.3 Å². The number of aromatic nitrogens is 1. The Morgan fingerprint density at radius 1 is 1.26 bits per heavy atom. The maximum Gasteiger partial charge on any atom is 0.338 e. The van der Waals surface area contributed by atoms with Crippen molar-refractivity contribution in [2.45, 2.75) is 33.1 Å². The number of carbonyl (C=O) groups is 2. The molecule has 1 aromatic carbocycles. The van der Waals surface area contributed by atoms with Crippen LogP contribution in [0, 0.1) is 6.92 Å². The summed E-state index contributed by atoms with van der Waals surface area (Å²) in [5.41, 5.74) is 1.89. The van der Waals surface area contributed by atoms with Crippen molar-refractivity contribution in [3.05, 3.63) is 45.9 Å². The highest BCUT2D eigenvalue weighted by Gasteiger charge is 2.09. The number of thiazole rings is 1. The number of anilines is 1. The van der Waals surface area contributed by atoms with Crippen molar-refractivity contribution < 1.29 is 14.3 Å². The Labute approximate surface area is 139 Å². The topological polar surface area (TPSA) is 68.3 Å². The zero-order chi connectivity index (χ0) is 16.7. The van der Waals surface area contributed by atoms with Gasteiger partial charge in [-0.2, -0.15) is 0 Å². The van der Waals surface area contributed by atoms with Gasteiger partial charge in [0.25, 0.3) is 0 Å². The van der Waals surface area contributed by atoms with E-state index in [2.05, 4.69) is 10.3 Å². The van der Waals surface area contributed by atoms with Crippen molar-refractivity contribution in [3.63, 3.8) is 0 Å². The first kappa shape index (κ1) is 17.1. The quantitative estimate of drug-likeness (QED) is 0.621. The first-order valence-corrected chi connectivity index (χ1v) is 8.44. The second-order valence-electron chi connectivity index (χ2n) is 5.15. The summed E-state index contributed by atoms with van der Waals surface area (Å²) in [5, 5.41) is 5.61. The summed E-state index contributed by atoms with van der Waals surface area (Å²) in [5.74, 6) is -0.470. The van der Waals surface area contributed by atoms with Gasteiger partial charge in [0.2, 0.25) is 5.91 Å².